The molecule has 0 aliphatic heterocycles. The fourth-order valence-electron chi connectivity index (χ4n) is 2.39. The van der Waals surface area contributed by atoms with Crippen molar-refractivity contribution >= 4 is 50.0 Å². The average molecular weight is 378 g/mol. The predicted molar refractivity (Wildman–Crippen MR) is 94.5 cm³/mol. The zero-order chi connectivity index (χ0) is 15.7. The minimum absolute atomic E-state index is 0.0552. The molecule has 0 spiro atoms. The Labute approximate surface area is 141 Å². The number of H-pyrrole nitrogens is 1. The second-order valence-corrected chi connectivity index (χ2v) is 6.50. The van der Waals surface area contributed by atoms with Crippen LogP contribution in [0.1, 0.15) is 11.1 Å². The van der Waals surface area contributed by atoms with Crippen molar-refractivity contribution in [3.63, 3.8) is 0 Å². The highest BCUT2D eigenvalue weighted by atomic mass is 79.9. The molecule has 0 saturated heterocycles. The van der Waals surface area contributed by atoms with Crippen LogP contribution >= 0.6 is 27.5 Å². The van der Waals surface area contributed by atoms with Crippen molar-refractivity contribution in [3.8, 4) is 0 Å². The molecule has 2 aromatic carbocycles. The number of amides is 1. The van der Waals surface area contributed by atoms with Gasteiger partial charge in [-0.2, -0.15) is 0 Å². The number of hydrogen-bond acceptors (Lipinski definition) is 1. The van der Waals surface area contributed by atoms with Gasteiger partial charge in [0.05, 0.1) is 12.1 Å². The van der Waals surface area contributed by atoms with E-state index in [2.05, 4.69) is 26.2 Å². The van der Waals surface area contributed by atoms with Crippen LogP contribution in [0.3, 0.4) is 0 Å². The summed E-state index contributed by atoms with van der Waals surface area (Å²) in [6.07, 6.45) is 2.16. The third-order valence-electron chi connectivity index (χ3n) is 3.48. The molecule has 2 N–H and O–H groups in total. The van der Waals surface area contributed by atoms with Gasteiger partial charge in [0.25, 0.3) is 0 Å². The Morgan fingerprint density at radius 3 is 2.86 bits per heavy atom. The Morgan fingerprint density at radius 1 is 1.27 bits per heavy atom. The maximum atomic E-state index is 12.3. The van der Waals surface area contributed by atoms with Crippen molar-refractivity contribution in [1.82, 2.24) is 4.98 Å². The molecule has 0 unspecified atom stereocenters. The zero-order valence-electron chi connectivity index (χ0n) is 11.9. The van der Waals surface area contributed by atoms with Crippen LogP contribution in [0.15, 0.2) is 47.1 Å². The zero-order valence-corrected chi connectivity index (χ0v) is 14.3. The van der Waals surface area contributed by atoms with Gasteiger partial charge in [0.2, 0.25) is 5.91 Å². The molecule has 0 radical (unpaired) electrons. The SMILES string of the molecule is Cc1ccc(NC(=O)Cc2c[nH]c3cc(Cl)ccc23)c(Br)c1. The second kappa shape index (κ2) is 6.15. The largest absolute Gasteiger partial charge is 0.361 e. The Morgan fingerprint density at radius 2 is 2.09 bits per heavy atom. The van der Waals surface area contributed by atoms with E-state index in [1.165, 1.54) is 0 Å². The topological polar surface area (TPSA) is 44.9 Å². The van der Waals surface area contributed by atoms with Crippen molar-refractivity contribution in [2.75, 3.05) is 5.32 Å². The van der Waals surface area contributed by atoms with E-state index in [9.17, 15) is 4.79 Å². The second-order valence-electron chi connectivity index (χ2n) is 5.21. The van der Waals surface area contributed by atoms with E-state index >= 15 is 0 Å². The van der Waals surface area contributed by atoms with E-state index in [0.29, 0.717) is 11.4 Å². The van der Waals surface area contributed by atoms with Crippen molar-refractivity contribution in [1.29, 1.82) is 0 Å². The fraction of sp³-hybridized carbons (Fsp3) is 0.118. The summed E-state index contributed by atoms with van der Waals surface area (Å²) in [4.78, 5) is 15.4. The van der Waals surface area contributed by atoms with Crippen LogP contribution in [0.4, 0.5) is 5.69 Å². The molecule has 22 heavy (non-hydrogen) atoms. The number of aromatic amines is 1. The van der Waals surface area contributed by atoms with Crippen molar-refractivity contribution in [3.05, 3.63) is 63.2 Å². The first kappa shape index (κ1) is 15.1. The van der Waals surface area contributed by atoms with Gasteiger partial charge in [0.15, 0.2) is 0 Å². The lowest BCUT2D eigenvalue weighted by Crippen LogP contribution is -2.14. The number of halogens is 2. The Balaban J connectivity index is 1.78. The number of fused-ring (bicyclic) bond motifs is 1. The number of carbonyl (C=O) groups excluding carboxylic acids is 1. The van der Waals surface area contributed by atoms with Crippen molar-refractivity contribution in [2.45, 2.75) is 13.3 Å². The van der Waals surface area contributed by atoms with Gasteiger partial charge in [-0.3, -0.25) is 4.79 Å². The number of nitrogens with one attached hydrogen (secondary N) is 2. The third-order valence-corrected chi connectivity index (χ3v) is 4.37. The van der Waals surface area contributed by atoms with Crippen molar-refractivity contribution in [2.24, 2.45) is 0 Å². The molecule has 0 fully saturated rings. The van der Waals surface area contributed by atoms with Crippen LogP contribution in [-0.2, 0) is 11.2 Å². The molecule has 1 heterocycles. The maximum Gasteiger partial charge on any atom is 0.228 e. The standard InChI is InChI=1S/C17H14BrClN2O/c1-10-2-5-15(14(18)6-10)21-17(22)7-11-9-20-16-8-12(19)3-4-13(11)16/h2-6,8-9,20H,7H2,1H3,(H,21,22). The van der Waals surface area contributed by atoms with Gasteiger partial charge in [-0.05, 0) is 58.2 Å². The van der Waals surface area contributed by atoms with Crippen LogP contribution in [-0.4, -0.2) is 10.9 Å². The number of aryl methyl sites for hydroxylation is 1. The molecule has 5 heteroatoms. The van der Waals surface area contributed by atoms with E-state index in [4.69, 9.17) is 11.6 Å². The molecule has 0 aliphatic rings. The molecule has 0 saturated carbocycles. The minimum atomic E-state index is -0.0552. The lowest BCUT2D eigenvalue weighted by Gasteiger charge is -2.08. The molecular weight excluding hydrogens is 364 g/mol. The lowest BCUT2D eigenvalue weighted by molar-refractivity contribution is -0.115. The molecule has 0 atom stereocenters. The van der Waals surface area contributed by atoms with E-state index in [-0.39, 0.29) is 5.91 Å². The minimum Gasteiger partial charge on any atom is -0.361 e. The first-order valence-corrected chi connectivity index (χ1v) is 8.01. The van der Waals surface area contributed by atoms with Crippen LogP contribution in [0.25, 0.3) is 10.9 Å². The first-order valence-electron chi connectivity index (χ1n) is 6.84. The van der Waals surface area contributed by atoms with Gasteiger partial charge in [0, 0.05) is 26.6 Å². The smallest absolute Gasteiger partial charge is 0.228 e. The normalized spacial score (nSPS) is 10.9. The van der Waals surface area contributed by atoms with E-state index < -0.39 is 0 Å². The van der Waals surface area contributed by atoms with E-state index in [1.54, 1.807) is 0 Å². The molecular formula is C17H14BrClN2O. The fourth-order valence-corrected chi connectivity index (χ4v) is 3.16. The Kier molecular flexibility index (Phi) is 4.23. The number of anilines is 1. The van der Waals surface area contributed by atoms with Crippen LogP contribution in [0.5, 0.6) is 0 Å². The Hall–Kier alpha value is -1.78. The van der Waals surface area contributed by atoms with E-state index in [0.717, 1.165) is 32.2 Å². The summed E-state index contributed by atoms with van der Waals surface area (Å²) < 4.78 is 0.881. The summed E-state index contributed by atoms with van der Waals surface area (Å²) in [6, 6.07) is 11.5. The molecule has 1 amide bonds. The molecule has 0 bridgehead atoms. The molecule has 0 aliphatic carbocycles. The summed E-state index contributed by atoms with van der Waals surface area (Å²) in [5.74, 6) is -0.0552. The number of benzene rings is 2. The third kappa shape index (κ3) is 3.18. The van der Waals surface area contributed by atoms with Crippen LogP contribution < -0.4 is 5.32 Å². The predicted octanol–water partition coefficient (Wildman–Crippen LogP) is 5.07. The number of rotatable bonds is 3. The van der Waals surface area contributed by atoms with Gasteiger partial charge in [0.1, 0.15) is 0 Å². The van der Waals surface area contributed by atoms with Gasteiger partial charge in [-0.15, -0.1) is 0 Å². The van der Waals surface area contributed by atoms with Crippen LogP contribution in [0.2, 0.25) is 5.02 Å². The van der Waals surface area contributed by atoms with Gasteiger partial charge >= 0.3 is 0 Å². The average Bonchev–Trinajstić information content (AvgIpc) is 2.84. The highest BCUT2D eigenvalue weighted by Gasteiger charge is 2.10. The number of aromatic nitrogens is 1. The summed E-state index contributed by atoms with van der Waals surface area (Å²) in [5, 5.41) is 4.62. The summed E-state index contributed by atoms with van der Waals surface area (Å²) in [5.41, 5.74) is 3.80. The highest BCUT2D eigenvalue weighted by molar-refractivity contribution is 9.10. The van der Waals surface area contributed by atoms with E-state index in [1.807, 2.05) is 49.5 Å². The summed E-state index contributed by atoms with van der Waals surface area (Å²) in [6.45, 7) is 2.01. The molecule has 3 rings (SSSR count). The monoisotopic (exact) mass is 376 g/mol. The number of hydrogen-bond donors (Lipinski definition) is 2. The van der Waals surface area contributed by atoms with Crippen molar-refractivity contribution < 1.29 is 4.79 Å². The van der Waals surface area contributed by atoms with Crippen LogP contribution in [0, 0.1) is 6.92 Å². The summed E-state index contributed by atoms with van der Waals surface area (Å²) >= 11 is 9.43. The maximum absolute atomic E-state index is 12.3. The summed E-state index contributed by atoms with van der Waals surface area (Å²) in [7, 11) is 0. The molecule has 1 aromatic heterocycles. The van der Waals surface area contributed by atoms with Gasteiger partial charge < -0.3 is 10.3 Å². The Bertz CT molecular complexity index is 857. The van der Waals surface area contributed by atoms with Gasteiger partial charge in [-0.1, -0.05) is 23.7 Å². The first-order chi connectivity index (χ1) is 10.5. The number of carbonyl (C=O) groups is 1. The quantitative estimate of drug-likeness (QED) is 0.657. The van der Waals surface area contributed by atoms with Gasteiger partial charge in [-0.25, -0.2) is 0 Å². The lowest BCUT2D eigenvalue weighted by atomic mass is 10.1. The molecule has 112 valence electrons. The molecule has 3 aromatic rings. The highest BCUT2D eigenvalue weighted by Crippen LogP contribution is 2.25. The molecule has 3 nitrogen and oxygen atoms in total.